The van der Waals surface area contributed by atoms with Gasteiger partial charge in [0, 0.05) is 25.7 Å². The van der Waals surface area contributed by atoms with E-state index >= 15 is 0 Å². The molecule has 0 spiro atoms. The Balaban J connectivity index is 2.29. The molecule has 102 valence electrons. The van der Waals surface area contributed by atoms with Crippen LogP contribution in [-0.2, 0) is 7.05 Å². The number of fused-ring (bicyclic) bond motifs is 1. The lowest BCUT2D eigenvalue weighted by atomic mass is 10.1. The van der Waals surface area contributed by atoms with Crippen molar-refractivity contribution >= 4 is 16.9 Å². The fraction of sp³-hybridized carbons (Fsp3) is 0.467. The van der Waals surface area contributed by atoms with E-state index in [1.54, 1.807) is 6.33 Å². The summed E-state index contributed by atoms with van der Waals surface area (Å²) >= 11 is 0. The summed E-state index contributed by atoms with van der Waals surface area (Å²) in [5.74, 6) is 0.108. The molecule has 0 fully saturated rings. The zero-order valence-corrected chi connectivity index (χ0v) is 11.9. The van der Waals surface area contributed by atoms with Crippen LogP contribution in [0, 0.1) is 0 Å². The maximum absolute atomic E-state index is 12.5. The number of aromatic nitrogens is 2. The van der Waals surface area contributed by atoms with E-state index in [4.69, 9.17) is 0 Å². The molecule has 0 atom stereocenters. The number of hydrogen-bond acceptors (Lipinski definition) is 2. The summed E-state index contributed by atoms with van der Waals surface area (Å²) in [6.45, 7) is 5.82. The monoisotopic (exact) mass is 259 g/mol. The van der Waals surface area contributed by atoms with Crippen LogP contribution in [0.3, 0.4) is 0 Å². The number of aryl methyl sites for hydroxylation is 1. The van der Waals surface area contributed by atoms with Crippen LogP contribution in [0.2, 0.25) is 0 Å². The molecule has 0 aliphatic carbocycles. The third-order valence-electron chi connectivity index (χ3n) is 3.25. The summed E-state index contributed by atoms with van der Waals surface area (Å²) in [6.07, 6.45) is 3.74. The first kappa shape index (κ1) is 13.6. The summed E-state index contributed by atoms with van der Waals surface area (Å²) in [5.41, 5.74) is 2.66. The first-order chi connectivity index (χ1) is 9.17. The maximum atomic E-state index is 12.5. The number of carbonyl (C=O) groups excluding carboxylic acids is 1. The van der Waals surface area contributed by atoms with Gasteiger partial charge < -0.3 is 9.47 Å². The van der Waals surface area contributed by atoms with Crippen molar-refractivity contribution in [3.63, 3.8) is 0 Å². The van der Waals surface area contributed by atoms with Gasteiger partial charge in [-0.3, -0.25) is 4.79 Å². The molecule has 2 aromatic rings. The molecule has 0 unspecified atom stereocenters. The molecule has 0 bridgehead atoms. The molecule has 1 aromatic heterocycles. The third-order valence-corrected chi connectivity index (χ3v) is 3.25. The summed E-state index contributed by atoms with van der Waals surface area (Å²) in [6, 6.07) is 5.74. The molecule has 0 aliphatic rings. The van der Waals surface area contributed by atoms with Crippen LogP contribution in [0.15, 0.2) is 24.5 Å². The van der Waals surface area contributed by atoms with Crippen molar-refractivity contribution in [2.75, 3.05) is 13.1 Å². The minimum atomic E-state index is 0.108. The molecule has 1 aromatic carbocycles. The second-order valence-electron chi connectivity index (χ2n) is 4.85. The highest BCUT2D eigenvalue weighted by Gasteiger charge is 2.15. The fourth-order valence-electron chi connectivity index (χ4n) is 2.31. The first-order valence-electron chi connectivity index (χ1n) is 6.87. The number of carbonyl (C=O) groups is 1. The summed E-state index contributed by atoms with van der Waals surface area (Å²) in [4.78, 5) is 18.7. The predicted molar refractivity (Wildman–Crippen MR) is 77.2 cm³/mol. The Morgan fingerprint density at radius 1 is 1.26 bits per heavy atom. The lowest BCUT2D eigenvalue weighted by molar-refractivity contribution is 0.0755. The molecule has 0 saturated heterocycles. The van der Waals surface area contributed by atoms with E-state index in [1.807, 2.05) is 34.7 Å². The summed E-state index contributed by atoms with van der Waals surface area (Å²) in [5, 5.41) is 0. The molecule has 0 saturated carbocycles. The Hall–Kier alpha value is -1.84. The number of amides is 1. The van der Waals surface area contributed by atoms with E-state index in [0.29, 0.717) is 0 Å². The van der Waals surface area contributed by atoms with Crippen LogP contribution in [0.25, 0.3) is 11.0 Å². The molecule has 4 nitrogen and oxygen atoms in total. The number of benzene rings is 1. The van der Waals surface area contributed by atoms with Crippen LogP contribution >= 0.6 is 0 Å². The first-order valence-corrected chi connectivity index (χ1v) is 6.87. The van der Waals surface area contributed by atoms with Crippen molar-refractivity contribution in [2.45, 2.75) is 26.7 Å². The topological polar surface area (TPSA) is 38.1 Å². The maximum Gasteiger partial charge on any atom is 0.253 e. The molecule has 0 N–H and O–H groups in total. The molecule has 0 aliphatic heterocycles. The predicted octanol–water partition coefficient (Wildman–Crippen LogP) is 2.84. The fourth-order valence-corrected chi connectivity index (χ4v) is 2.31. The van der Waals surface area contributed by atoms with Crippen molar-refractivity contribution in [1.29, 1.82) is 0 Å². The highest BCUT2D eigenvalue weighted by atomic mass is 16.2. The van der Waals surface area contributed by atoms with Crippen LogP contribution in [-0.4, -0.2) is 33.4 Å². The standard InChI is InChI=1S/C15H21N3O/c1-4-8-18(9-5-2)15(19)12-6-7-14-13(10-12)16-11-17(14)3/h6-7,10-11H,4-5,8-9H2,1-3H3. The smallest absolute Gasteiger partial charge is 0.253 e. The van der Waals surface area contributed by atoms with Gasteiger partial charge >= 0.3 is 0 Å². The number of imidazole rings is 1. The van der Waals surface area contributed by atoms with Crippen molar-refractivity contribution in [3.05, 3.63) is 30.1 Å². The van der Waals surface area contributed by atoms with Gasteiger partial charge in [0.1, 0.15) is 0 Å². The number of hydrogen-bond donors (Lipinski definition) is 0. The number of nitrogens with zero attached hydrogens (tertiary/aromatic N) is 3. The molecule has 19 heavy (non-hydrogen) atoms. The summed E-state index contributed by atoms with van der Waals surface area (Å²) in [7, 11) is 1.96. The number of rotatable bonds is 5. The van der Waals surface area contributed by atoms with Gasteiger partial charge in [0.25, 0.3) is 5.91 Å². The van der Waals surface area contributed by atoms with E-state index in [2.05, 4.69) is 18.8 Å². The Morgan fingerprint density at radius 3 is 2.58 bits per heavy atom. The van der Waals surface area contributed by atoms with Gasteiger partial charge in [-0.05, 0) is 31.0 Å². The van der Waals surface area contributed by atoms with Gasteiger partial charge in [0.2, 0.25) is 0 Å². The van der Waals surface area contributed by atoms with E-state index < -0.39 is 0 Å². The summed E-state index contributed by atoms with van der Waals surface area (Å²) < 4.78 is 1.96. The molecule has 0 radical (unpaired) electrons. The minimum Gasteiger partial charge on any atom is -0.339 e. The molecular formula is C15H21N3O. The lowest BCUT2D eigenvalue weighted by Crippen LogP contribution is -2.32. The van der Waals surface area contributed by atoms with E-state index in [1.165, 1.54) is 0 Å². The van der Waals surface area contributed by atoms with Crippen LogP contribution < -0.4 is 0 Å². The molecule has 2 rings (SSSR count). The van der Waals surface area contributed by atoms with Gasteiger partial charge in [-0.15, -0.1) is 0 Å². The zero-order chi connectivity index (χ0) is 13.8. The average Bonchev–Trinajstić information content (AvgIpc) is 2.79. The van der Waals surface area contributed by atoms with Gasteiger partial charge in [0.05, 0.1) is 17.4 Å². The second-order valence-corrected chi connectivity index (χ2v) is 4.85. The van der Waals surface area contributed by atoms with Crippen LogP contribution in [0.5, 0.6) is 0 Å². The highest BCUT2D eigenvalue weighted by Crippen LogP contribution is 2.15. The molecule has 1 amide bonds. The largest absolute Gasteiger partial charge is 0.339 e. The van der Waals surface area contributed by atoms with E-state index in [0.717, 1.165) is 42.5 Å². The van der Waals surface area contributed by atoms with Gasteiger partial charge in [-0.1, -0.05) is 13.8 Å². The molecular weight excluding hydrogens is 238 g/mol. The Morgan fingerprint density at radius 2 is 1.95 bits per heavy atom. The Kier molecular flexibility index (Phi) is 4.20. The molecule has 1 heterocycles. The second kappa shape index (κ2) is 5.87. The quantitative estimate of drug-likeness (QED) is 0.828. The Labute approximate surface area is 114 Å². The molecule has 4 heteroatoms. The van der Waals surface area contributed by atoms with Crippen molar-refractivity contribution < 1.29 is 4.79 Å². The van der Waals surface area contributed by atoms with Crippen LogP contribution in [0.4, 0.5) is 0 Å². The van der Waals surface area contributed by atoms with E-state index in [-0.39, 0.29) is 5.91 Å². The third kappa shape index (κ3) is 2.78. The minimum absolute atomic E-state index is 0.108. The van der Waals surface area contributed by atoms with Crippen molar-refractivity contribution in [3.8, 4) is 0 Å². The lowest BCUT2D eigenvalue weighted by Gasteiger charge is -2.21. The zero-order valence-electron chi connectivity index (χ0n) is 11.9. The van der Waals surface area contributed by atoms with E-state index in [9.17, 15) is 4.79 Å². The van der Waals surface area contributed by atoms with Crippen molar-refractivity contribution in [1.82, 2.24) is 14.5 Å². The van der Waals surface area contributed by atoms with Crippen molar-refractivity contribution in [2.24, 2.45) is 7.05 Å². The Bertz CT molecular complexity index is 568. The van der Waals surface area contributed by atoms with Gasteiger partial charge in [-0.2, -0.15) is 0 Å². The normalized spacial score (nSPS) is 10.9. The SMILES string of the molecule is CCCN(CCC)C(=O)c1ccc2c(c1)ncn2C. The average molecular weight is 259 g/mol. The highest BCUT2D eigenvalue weighted by molar-refractivity contribution is 5.97. The van der Waals surface area contributed by atoms with Gasteiger partial charge in [0.15, 0.2) is 0 Å². The van der Waals surface area contributed by atoms with Gasteiger partial charge in [-0.25, -0.2) is 4.98 Å². The van der Waals surface area contributed by atoms with Crippen LogP contribution in [0.1, 0.15) is 37.0 Å².